The molecule has 1 heterocycles. The van der Waals surface area contributed by atoms with E-state index in [2.05, 4.69) is 10.6 Å². The Morgan fingerprint density at radius 2 is 1.71 bits per heavy atom. The maximum atomic E-state index is 12.7. The Balaban J connectivity index is 1.94. The molecule has 0 spiro atoms. The van der Waals surface area contributed by atoms with Crippen LogP contribution in [0.15, 0.2) is 29.2 Å². The van der Waals surface area contributed by atoms with Gasteiger partial charge >= 0.3 is 0 Å². The third-order valence-corrected chi connectivity index (χ3v) is 6.36. The molecule has 0 atom stereocenters. The zero-order chi connectivity index (χ0) is 17.4. The van der Waals surface area contributed by atoms with Crippen LogP contribution in [0, 0.1) is 0 Å². The van der Waals surface area contributed by atoms with E-state index >= 15 is 0 Å². The second-order valence-electron chi connectivity index (χ2n) is 6.00. The average molecular weight is 370 g/mol. The van der Waals surface area contributed by atoms with Crippen molar-refractivity contribution >= 4 is 27.4 Å². The van der Waals surface area contributed by atoms with Gasteiger partial charge in [0, 0.05) is 26.2 Å². The smallest absolute Gasteiger partial charge is 0.243 e. The van der Waals surface area contributed by atoms with E-state index in [-0.39, 0.29) is 0 Å². The Hall–Kier alpha value is -1.18. The van der Waals surface area contributed by atoms with Gasteiger partial charge in [-0.15, -0.1) is 0 Å². The molecule has 1 aliphatic rings. The van der Waals surface area contributed by atoms with Gasteiger partial charge in [0.05, 0.1) is 4.90 Å². The number of sulfonamides is 1. The maximum Gasteiger partial charge on any atom is 0.243 e. The monoisotopic (exact) mass is 369 g/mol. The second-order valence-corrected chi connectivity index (χ2v) is 8.34. The van der Waals surface area contributed by atoms with Gasteiger partial charge in [-0.05, 0) is 56.1 Å². The standard InChI is InChI=1S/C17H27N3O2S2/c1-2-18-17(23)19-12-11-15-7-9-16(10-8-15)24(21,22)20-13-5-3-4-6-14-20/h7-10H,2-6,11-14H2,1H3,(H2,18,19,23). The highest BCUT2D eigenvalue weighted by Gasteiger charge is 2.24. The summed E-state index contributed by atoms with van der Waals surface area (Å²) in [7, 11) is -3.36. The molecule has 24 heavy (non-hydrogen) atoms. The SMILES string of the molecule is CCNC(=S)NCCc1ccc(S(=O)(=O)N2CCCCCC2)cc1. The van der Waals surface area contributed by atoms with E-state index in [0.717, 1.165) is 50.8 Å². The zero-order valence-electron chi connectivity index (χ0n) is 14.3. The third-order valence-electron chi connectivity index (χ3n) is 4.16. The average Bonchev–Trinajstić information content (AvgIpc) is 2.85. The van der Waals surface area contributed by atoms with Crippen molar-refractivity contribution in [2.45, 2.75) is 43.9 Å². The van der Waals surface area contributed by atoms with Crippen LogP contribution in [0.5, 0.6) is 0 Å². The van der Waals surface area contributed by atoms with Crippen LogP contribution in [0.25, 0.3) is 0 Å². The van der Waals surface area contributed by atoms with Crippen molar-refractivity contribution < 1.29 is 8.42 Å². The summed E-state index contributed by atoms with van der Waals surface area (Å²) in [6.45, 7) is 4.79. The summed E-state index contributed by atoms with van der Waals surface area (Å²) in [6, 6.07) is 7.22. The Morgan fingerprint density at radius 1 is 1.08 bits per heavy atom. The van der Waals surface area contributed by atoms with Gasteiger partial charge in [-0.2, -0.15) is 4.31 Å². The van der Waals surface area contributed by atoms with E-state index in [1.54, 1.807) is 16.4 Å². The molecule has 0 saturated carbocycles. The molecule has 1 aromatic carbocycles. The van der Waals surface area contributed by atoms with Crippen LogP contribution in [0.3, 0.4) is 0 Å². The number of benzene rings is 1. The molecular weight excluding hydrogens is 342 g/mol. The summed E-state index contributed by atoms with van der Waals surface area (Å²) in [4.78, 5) is 0.393. The molecule has 1 aromatic rings. The minimum absolute atomic E-state index is 0.393. The van der Waals surface area contributed by atoms with Crippen molar-refractivity contribution in [1.82, 2.24) is 14.9 Å². The van der Waals surface area contributed by atoms with Crippen molar-refractivity contribution in [2.24, 2.45) is 0 Å². The van der Waals surface area contributed by atoms with E-state index in [0.29, 0.717) is 23.1 Å². The van der Waals surface area contributed by atoms with Gasteiger partial charge in [0.1, 0.15) is 0 Å². The second kappa shape index (κ2) is 9.34. The van der Waals surface area contributed by atoms with Crippen LogP contribution in [0.2, 0.25) is 0 Å². The molecule has 1 aliphatic heterocycles. The lowest BCUT2D eigenvalue weighted by atomic mass is 10.1. The van der Waals surface area contributed by atoms with Gasteiger partial charge in [-0.3, -0.25) is 0 Å². The fourth-order valence-electron chi connectivity index (χ4n) is 2.80. The lowest BCUT2D eigenvalue weighted by Gasteiger charge is -2.20. The molecule has 0 amide bonds. The van der Waals surface area contributed by atoms with Crippen LogP contribution in [0.4, 0.5) is 0 Å². The van der Waals surface area contributed by atoms with Gasteiger partial charge < -0.3 is 10.6 Å². The summed E-state index contributed by atoms with van der Waals surface area (Å²) < 4.78 is 27.1. The quantitative estimate of drug-likeness (QED) is 0.754. The molecule has 5 nitrogen and oxygen atoms in total. The van der Waals surface area contributed by atoms with E-state index in [1.807, 2.05) is 19.1 Å². The van der Waals surface area contributed by atoms with Crippen LogP contribution >= 0.6 is 12.2 Å². The number of thiocarbonyl (C=S) groups is 1. The number of nitrogens with one attached hydrogen (secondary N) is 2. The van der Waals surface area contributed by atoms with Crippen molar-refractivity contribution in [1.29, 1.82) is 0 Å². The van der Waals surface area contributed by atoms with Crippen molar-refractivity contribution in [3.8, 4) is 0 Å². The first-order chi connectivity index (χ1) is 11.5. The highest BCUT2D eigenvalue weighted by molar-refractivity contribution is 7.89. The lowest BCUT2D eigenvalue weighted by molar-refractivity contribution is 0.423. The van der Waals surface area contributed by atoms with Gasteiger partial charge in [0.15, 0.2) is 5.11 Å². The Morgan fingerprint density at radius 3 is 2.29 bits per heavy atom. The molecule has 2 N–H and O–H groups in total. The van der Waals surface area contributed by atoms with Crippen LogP contribution in [0.1, 0.15) is 38.2 Å². The predicted molar refractivity (Wildman–Crippen MR) is 102 cm³/mol. The first-order valence-corrected chi connectivity index (χ1v) is 10.5. The first-order valence-electron chi connectivity index (χ1n) is 8.65. The van der Waals surface area contributed by atoms with Crippen molar-refractivity contribution in [2.75, 3.05) is 26.2 Å². The van der Waals surface area contributed by atoms with Gasteiger partial charge in [0.2, 0.25) is 10.0 Å². The zero-order valence-corrected chi connectivity index (χ0v) is 15.9. The molecule has 0 bridgehead atoms. The van der Waals surface area contributed by atoms with Crippen molar-refractivity contribution in [3.05, 3.63) is 29.8 Å². The highest BCUT2D eigenvalue weighted by atomic mass is 32.2. The molecule has 0 aromatic heterocycles. The largest absolute Gasteiger partial charge is 0.363 e. The summed E-state index contributed by atoms with van der Waals surface area (Å²) in [6.07, 6.45) is 4.94. The number of nitrogens with zero attached hydrogens (tertiary/aromatic N) is 1. The molecule has 1 saturated heterocycles. The minimum Gasteiger partial charge on any atom is -0.363 e. The number of hydrogen-bond donors (Lipinski definition) is 2. The molecule has 0 unspecified atom stereocenters. The number of rotatable bonds is 6. The summed E-state index contributed by atoms with van der Waals surface area (Å²) in [5.41, 5.74) is 1.09. The summed E-state index contributed by atoms with van der Waals surface area (Å²) in [5, 5.41) is 6.82. The van der Waals surface area contributed by atoms with Gasteiger partial charge in [-0.25, -0.2) is 8.42 Å². The molecule has 1 fully saturated rings. The Kier molecular flexibility index (Phi) is 7.45. The van der Waals surface area contributed by atoms with E-state index < -0.39 is 10.0 Å². The fourth-order valence-corrected chi connectivity index (χ4v) is 4.57. The molecule has 0 aliphatic carbocycles. The molecule has 2 rings (SSSR count). The third kappa shape index (κ3) is 5.43. The van der Waals surface area contributed by atoms with Crippen LogP contribution in [-0.2, 0) is 16.4 Å². The summed E-state index contributed by atoms with van der Waals surface area (Å²) >= 11 is 5.11. The van der Waals surface area contributed by atoms with Gasteiger partial charge in [0.25, 0.3) is 0 Å². The first kappa shape index (κ1) is 19.1. The predicted octanol–water partition coefficient (Wildman–Crippen LogP) is 2.28. The maximum absolute atomic E-state index is 12.7. The van der Waals surface area contributed by atoms with E-state index in [4.69, 9.17) is 12.2 Å². The van der Waals surface area contributed by atoms with Crippen LogP contribution < -0.4 is 10.6 Å². The minimum atomic E-state index is -3.36. The van der Waals surface area contributed by atoms with E-state index in [9.17, 15) is 8.42 Å². The highest BCUT2D eigenvalue weighted by Crippen LogP contribution is 2.20. The lowest BCUT2D eigenvalue weighted by Crippen LogP contribution is -2.36. The number of hydrogen-bond acceptors (Lipinski definition) is 3. The molecule has 134 valence electrons. The van der Waals surface area contributed by atoms with Crippen LogP contribution in [-0.4, -0.2) is 44.0 Å². The molecular formula is C17H27N3O2S2. The van der Waals surface area contributed by atoms with Crippen molar-refractivity contribution in [3.63, 3.8) is 0 Å². The normalized spacial score (nSPS) is 16.4. The van der Waals surface area contributed by atoms with E-state index in [1.165, 1.54) is 0 Å². The van der Waals surface area contributed by atoms with Gasteiger partial charge in [-0.1, -0.05) is 25.0 Å². The molecule has 0 radical (unpaired) electrons. The Bertz CT molecular complexity index is 622. The Labute approximate surface area is 150 Å². The topological polar surface area (TPSA) is 61.4 Å². The molecule has 7 heteroatoms. The fraction of sp³-hybridized carbons (Fsp3) is 0.588. The summed E-state index contributed by atoms with van der Waals surface area (Å²) in [5.74, 6) is 0.